The van der Waals surface area contributed by atoms with Gasteiger partial charge in [-0.05, 0) is 24.6 Å². The molecule has 0 aliphatic heterocycles. The number of carbonyl (C=O) groups excluding carboxylic acids is 1. The van der Waals surface area contributed by atoms with Crippen LogP contribution in [0.2, 0.25) is 0 Å². The second-order valence-electron chi connectivity index (χ2n) is 6.67. The number of aryl methyl sites for hydroxylation is 1. The molecule has 0 aliphatic rings. The third kappa shape index (κ3) is 4.35. The molecule has 4 aromatic rings. The minimum Gasteiger partial charge on any atom is -0.297 e. The third-order valence-corrected chi connectivity index (χ3v) is 6.42. The average Bonchev–Trinajstić information content (AvgIpc) is 3.43. The quantitative estimate of drug-likeness (QED) is 0.373. The Balaban J connectivity index is 1.47. The van der Waals surface area contributed by atoms with E-state index >= 15 is 0 Å². The van der Waals surface area contributed by atoms with Gasteiger partial charge in [0.2, 0.25) is 0 Å². The fourth-order valence-corrected chi connectivity index (χ4v) is 4.79. The van der Waals surface area contributed by atoms with Crippen molar-refractivity contribution >= 4 is 28.9 Å². The molecule has 5 nitrogen and oxygen atoms in total. The Morgan fingerprint density at radius 3 is 2.83 bits per heavy atom. The summed E-state index contributed by atoms with van der Waals surface area (Å²) in [6.07, 6.45) is 3.58. The summed E-state index contributed by atoms with van der Waals surface area (Å²) in [4.78, 5) is 21.7. The van der Waals surface area contributed by atoms with Gasteiger partial charge in [-0.1, -0.05) is 54.2 Å². The number of Topliss-reactive ketones (excluding diaryl/α,β-unsaturated/α-hetero) is 1. The highest BCUT2D eigenvalue weighted by atomic mass is 32.2. The van der Waals surface area contributed by atoms with Crippen molar-refractivity contribution in [1.29, 1.82) is 5.26 Å². The molecular formula is C23H18N4OS2. The van der Waals surface area contributed by atoms with Crippen LogP contribution in [-0.2, 0) is 4.79 Å². The maximum atomic E-state index is 12.8. The van der Waals surface area contributed by atoms with Gasteiger partial charge in [0.1, 0.15) is 5.01 Å². The summed E-state index contributed by atoms with van der Waals surface area (Å²) in [6, 6.07) is 19.9. The molecule has 2 aromatic carbocycles. The molecular weight excluding hydrogens is 412 g/mol. The standard InChI is InChI=1S/C23H18N4OS2/c1-16-6-5-9-18(12-16)27-11-10-25-23(27)30-15-21(28)19(13-24)22-26-20(14-29-22)17-7-3-2-4-8-17/h2-12,14,19H,15H2,1H3. The Morgan fingerprint density at radius 1 is 1.23 bits per heavy atom. The van der Waals surface area contributed by atoms with E-state index < -0.39 is 5.92 Å². The van der Waals surface area contributed by atoms with Crippen LogP contribution in [0.4, 0.5) is 0 Å². The molecule has 7 heteroatoms. The van der Waals surface area contributed by atoms with E-state index in [-0.39, 0.29) is 11.5 Å². The lowest BCUT2D eigenvalue weighted by atomic mass is 10.1. The summed E-state index contributed by atoms with van der Waals surface area (Å²) in [6.45, 7) is 2.03. The molecule has 30 heavy (non-hydrogen) atoms. The van der Waals surface area contributed by atoms with Crippen LogP contribution in [0.3, 0.4) is 0 Å². The predicted octanol–water partition coefficient (Wildman–Crippen LogP) is 5.27. The maximum absolute atomic E-state index is 12.8. The van der Waals surface area contributed by atoms with Crippen LogP contribution in [-0.4, -0.2) is 26.1 Å². The molecule has 0 N–H and O–H groups in total. The minimum atomic E-state index is -0.873. The molecule has 4 rings (SSSR count). The Hall–Kier alpha value is -3.21. The van der Waals surface area contributed by atoms with Crippen LogP contribution in [0.1, 0.15) is 16.5 Å². The lowest BCUT2D eigenvalue weighted by Gasteiger charge is -2.09. The van der Waals surface area contributed by atoms with Crippen molar-refractivity contribution in [2.75, 3.05) is 5.75 Å². The first-order valence-electron chi connectivity index (χ1n) is 9.32. The van der Waals surface area contributed by atoms with Crippen LogP contribution in [0.25, 0.3) is 16.9 Å². The average molecular weight is 431 g/mol. The summed E-state index contributed by atoms with van der Waals surface area (Å²) in [7, 11) is 0. The lowest BCUT2D eigenvalue weighted by Crippen LogP contribution is -2.13. The van der Waals surface area contributed by atoms with Crippen molar-refractivity contribution in [3.63, 3.8) is 0 Å². The first kappa shape index (κ1) is 20.1. The first-order chi connectivity index (χ1) is 14.7. The molecule has 0 spiro atoms. The zero-order valence-corrected chi connectivity index (χ0v) is 17.9. The Kier molecular flexibility index (Phi) is 6.07. The molecule has 2 aromatic heterocycles. The molecule has 148 valence electrons. The number of nitriles is 1. The minimum absolute atomic E-state index is 0.154. The van der Waals surface area contributed by atoms with Gasteiger partial charge in [0.05, 0.1) is 17.5 Å². The van der Waals surface area contributed by atoms with Crippen LogP contribution in [0.5, 0.6) is 0 Å². The van der Waals surface area contributed by atoms with Gasteiger partial charge in [-0.25, -0.2) is 9.97 Å². The maximum Gasteiger partial charge on any atom is 0.173 e. The van der Waals surface area contributed by atoms with Gasteiger partial charge in [-0.2, -0.15) is 5.26 Å². The van der Waals surface area contributed by atoms with Gasteiger partial charge in [-0.3, -0.25) is 9.36 Å². The lowest BCUT2D eigenvalue weighted by molar-refractivity contribution is -0.116. The first-order valence-corrected chi connectivity index (χ1v) is 11.2. The number of benzene rings is 2. The Morgan fingerprint density at radius 2 is 2.07 bits per heavy atom. The van der Waals surface area contributed by atoms with Crippen LogP contribution < -0.4 is 0 Å². The van der Waals surface area contributed by atoms with Crippen LogP contribution in [0, 0.1) is 18.3 Å². The fraction of sp³-hybridized carbons (Fsp3) is 0.130. The van der Waals surface area contributed by atoms with Crippen molar-refractivity contribution in [3.8, 4) is 23.0 Å². The van der Waals surface area contributed by atoms with E-state index in [1.807, 2.05) is 71.6 Å². The number of aromatic nitrogens is 3. The van der Waals surface area contributed by atoms with E-state index in [0.717, 1.165) is 27.7 Å². The van der Waals surface area contributed by atoms with Crippen molar-refractivity contribution in [3.05, 3.63) is 82.9 Å². The largest absolute Gasteiger partial charge is 0.297 e. The highest BCUT2D eigenvalue weighted by molar-refractivity contribution is 7.99. The van der Waals surface area contributed by atoms with E-state index in [1.54, 1.807) is 6.20 Å². The molecule has 0 amide bonds. The number of hydrogen-bond donors (Lipinski definition) is 0. The second-order valence-corrected chi connectivity index (χ2v) is 8.51. The monoisotopic (exact) mass is 430 g/mol. The van der Waals surface area contributed by atoms with Crippen LogP contribution in [0.15, 0.2) is 77.5 Å². The number of thioether (sulfide) groups is 1. The smallest absolute Gasteiger partial charge is 0.173 e. The number of thiazole rings is 1. The normalized spacial score (nSPS) is 11.7. The van der Waals surface area contributed by atoms with Gasteiger partial charge in [0.15, 0.2) is 16.9 Å². The predicted molar refractivity (Wildman–Crippen MR) is 120 cm³/mol. The van der Waals surface area contributed by atoms with Gasteiger partial charge in [-0.15, -0.1) is 11.3 Å². The van der Waals surface area contributed by atoms with E-state index in [0.29, 0.717) is 5.01 Å². The Labute approximate surface area is 183 Å². The molecule has 0 saturated heterocycles. The van der Waals surface area contributed by atoms with E-state index in [4.69, 9.17) is 0 Å². The SMILES string of the molecule is Cc1cccc(-n2ccnc2SCC(=O)C(C#N)c2nc(-c3ccccc3)cs2)c1. The summed E-state index contributed by atoms with van der Waals surface area (Å²) >= 11 is 2.68. The molecule has 0 aliphatic carbocycles. The third-order valence-electron chi connectivity index (χ3n) is 4.52. The number of carbonyl (C=O) groups is 1. The number of ketones is 1. The summed E-state index contributed by atoms with van der Waals surface area (Å²) in [5.74, 6) is -0.890. The topological polar surface area (TPSA) is 71.6 Å². The van der Waals surface area contributed by atoms with Gasteiger partial charge >= 0.3 is 0 Å². The van der Waals surface area contributed by atoms with E-state index in [9.17, 15) is 10.1 Å². The molecule has 0 bridgehead atoms. The molecule has 0 saturated carbocycles. The van der Waals surface area contributed by atoms with E-state index in [1.165, 1.54) is 23.1 Å². The van der Waals surface area contributed by atoms with Crippen molar-refractivity contribution in [2.45, 2.75) is 18.0 Å². The van der Waals surface area contributed by atoms with Gasteiger partial charge in [0.25, 0.3) is 0 Å². The van der Waals surface area contributed by atoms with Crippen molar-refractivity contribution in [2.24, 2.45) is 0 Å². The molecule has 0 fully saturated rings. The number of nitrogens with zero attached hydrogens (tertiary/aromatic N) is 4. The summed E-state index contributed by atoms with van der Waals surface area (Å²) in [5.41, 5.74) is 3.90. The second kappa shape index (κ2) is 9.08. The number of rotatable bonds is 7. The summed E-state index contributed by atoms with van der Waals surface area (Å²) in [5, 5.41) is 12.8. The highest BCUT2D eigenvalue weighted by Gasteiger charge is 2.24. The molecule has 1 unspecified atom stereocenters. The van der Waals surface area contributed by atoms with Crippen LogP contribution >= 0.6 is 23.1 Å². The molecule has 1 atom stereocenters. The zero-order valence-electron chi connectivity index (χ0n) is 16.2. The van der Waals surface area contributed by atoms with Crippen molar-refractivity contribution < 1.29 is 4.79 Å². The molecule has 2 heterocycles. The molecule has 0 radical (unpaired) electrons. The van der Waals surface area contributed by atoms with E-state index in [2.05, 4.69) is 22.1 Å². The highest BCUT2D eigenvalue weighted by Crippen LogP contribution is 2.29. The number of hydrogen-bond acceptors (Lipinski definition) is 6. The summed E-state index contributed by atoms with van der Waals surface area (Å²) < 4.78 is 1.95. The Bertz CT molecular complexity index is 1210. The number of imidazole rings is 1. The zero-order chi connectivity index (χ0) is 20.9. The van der Waals surface area contributed by atoms with Gasteiger partial charge < -0.3 is 0 Å². The van der Waals surface area contributed by atoms with Gasteiger partial charge in [0, 0.05) is 29.0 Å². The fourth-order valence-electron chi connectivity index (χ4n) is 3.02. The van der Waals surface area contributed by atoms with Crippen molar-refractivity contribution in [1.82, 2.24) is 14.5 Å².